The number of carbonyl (C=O) groups is 1. The summed E-state index contributed by atoms with van der Waals surface area (Å²) in [5.41, 5.74) is -0.490. The van der Waals surface area contributed by atoms with E-state index in [1.165, 1.54) is 26.5 Å². The van der Waals surface area contributed by atoms with Gasteiger partial charge in [0.15, 0.2) is 34.5 Å². The number of anilines is 1. The molecular formula is C21H20F2N2O5. The molecule has 1 aliphatic heterocycles. The molecule has 1 N–H and O–H groups in total. The number of hydrogen-bond acceptors (Lipinski definition) is 7. The molecule has 3 heterocycles. The van der Waals surface area contributed by atoms with Crippen molar-refractivity contribution in [2.24, 2.45) is 0 Å². The van der Waals surface area contributed by atoms with Gasteiger partial charge in [-0.15, -0.1) is 0 Å². The van der Waals surface area contributed by atoms with Gasteiger partial charge in [0.1, 0.15) is 11.4 Å². The molecule has 1 atom stereocenters. The van der Waals surface area contributed by atoms with E-state index < -0.39 is 23.0 Å². The molecule has 0 unspecified atom stereocenters. The van der Waals surface area contributed by atoms with Gasteiger partial charge in [-0.1, -0.05) is 0 Å². The number of halogens is 2. The van der Waals surface area contributed by atoms with Crippen molar-refractivity contribution < 1.29 is 32.2 Å². The summed E-state index contributed by atoms with van der Waals surface area (Å²) in [6.07, 6.45) is 3.38. The Balaban J connectivity index is 1.67. The molecule has 1 fully saturated rings. The van der Waals surface area contributed by atoms with Crippen molar-refractivity contribution in [3.63, 3.8) is 0 Å². The minimum Gasteiger partial charge on any atom is -0.494 e. The van der Waals surface area contributed by atoms with E-state index in [1.807, 2.05) is 0 Å². The van der Waals surface area contributed by atoms with Gasteiger partial charge in [-0.2, -0.15) is 0 Å². The molecule has 0 radical (unpaired) electrons. The topological polar surface area (TPSA) is 82.8 Å². The lowest BCUT2D eigenvalue weighted by Crippen LogP contribution is -2.30. The maximum atomic E-state index is 14.6. The highest BCUT2D eigenvalue weighted by Gasteiger charge is 2.28. The minimum absolute atomic E-state index is 0.143. The van der Waals surface area contributed by atoms with E-state index >= 15 is 0 Å². The fraction of sp³-hybridized carbons (Fsp3) is 0.333. The number of nitrogens with zero attached hydrogens (tertiary/aromatic N) is 1. The van der Waals surface area contributed by atoms with Crippen LogP contribution in [-0.4, -0.2) is 44.2 Å². The largest absolute Gasteiger partial charge is 0.494 e. The smallest absolute Gasteiger partial charge is 0.234 e. The number of ketones is 1. The summed E-state index contributed by atoms with van der Waals surface area (Å²) >= 11 is 0. The van der Waals surface area contributed by atoms with Gasteiger partial charge in [-0.3, -0.25) is 4.79 Å². The number of aromatic nitrogens is 1. The van der Waals surface area contributed by atoms with Gasteiger partial charge in [-0.05, 0) is 25.0 Å². The van der Waals surface area contributed by atoms with Crippen molar-refractivity contribution in [2.75, 3.05) is 32.8 Å². The molecule has 30 heavy (non-hydrogen) atoms. The van der Waals surface area contributed by atoms with Crippen molar-refractivity contribution in [3.05, 3.63) is 47.4 Å². The molecule has 1 aromatic carbocycles. The fourth-order valence-electron chi connectivity index (χ4n) is 3.41. The molecule has 158 valence electrons. The van der Waals surface area contributed by atoms with Crippen LogP contribution in [0.3, 0.4) is 0 Å². The average molecular weight is 418 g/mol. The normalized spacial score (nSPS) is 16.5. The van der Waals surface area contributed by atoms with Crippen LogP contribution in [0.1, 0.15) is 29.0 Å². The second-order valence-electron chi connectivity index (χ2n) is 6.89. The van der Waals surface area contributed by atoms with Crippen LogP contribution in [-0.2, 0) is 4.74 Å². The summed E-state index contributed by atoms with van der Waals surface area (Å²) in [5.74, 6) is -3.46. The van der Waals surface area contributed by atoms with Crippen molar-refractivity contribution >= 4 is 22.6 Å². The number of pyridine rings is 1. The zero-order valence-electron chi connectivity index (χ0n) is 16.5. The Bertz CT molecular complexity index is 1060. The summed E-state index contributed by atoms with van der Waals surface area (Å²) in [6.45, 7) is 1.34. The highest BCUT2D eigenvalue weighted by atomic mass is 19.1. The number of rotatable bonds is 6. The molecule has 2 aromatic heterocycles. The van der Waals surface area contributed by atoms with Gasteiger partial charge in [0.2, 0.25) is 5.78 Å². The molecule has 0 aliphatic carbocycles. The number of hydrogen-bond donors (Lipinski definition) is 1. The van der Waals surface area contributed by atoms with Crippen LogP contribution >= 0.6 is 0 Å². The van der Waals surface area contributed by atoms with Crippen molar-refractivity contribution in [1.29, 1.82) is 0 Å². The molecule has 0 saturated carbocycles. The molecule has 0 bridgehead atoms. The number of fused-ring (bicyclic) bond motifs is 1. The van der Waals surface area contributed by atoms with Gasteiger partial charge in [-0.25, -0.2) is 13.8 Å². The van der Waals surface area contributed by atoms with Crippen LogP contribution in [0.25, 0.3) is 11.0 Å². The summed E-state index contributed by atoms with van der Waals surface area (Å²) < 4.78 is 50.0. The van der Waals surface area contributed by atoms with Crippen LogP contribution in [0.5, 0.6) is 11.5 Å². The number of carbonyl (C=O) groups excluding carboxylic acids is 1. The van der Waals surface area contributed by atoms with E-state index in [4.69, 9.17) is 18.6 Å². The van der Waals surface area contributed by atoms with E-state index in [1.54, 1.807) is 6.07 Å². The Labute approximate surface area is 170 Å². The molecule has 1 saturated heterocycles. The van der Waals surface area contributed by atoms with Crippen molar-refractivity contribution in [3.8, 4) is 11.5 Å². The van der Waals surface area contributed by atoms with Crippen molar-refractivity contribution in [1.82, 2.24) is 4.98 Å². The van der Waals surface area contributed by atoms with E-state index in [0.717, 1.165) is 25.5 Å². The minimum atomic E-state index is -1.13. The van der Waals surface area contributed by atoms with E-state index in [9.17, 15) is 13.6 Å². The predicted octanol–water partition coefficient (Wildman–Crippen LogP) is 3.95. The first-order chi connectivity index (χ1) is 14.5. The highest BCUT2D eigenvalue weighted by molar-refractivity contribution is 6.10. The van der Waals surface area contributed by atoms with Crippen LogP contribution in [0.4, 0.5) is 14.6 Å². The molecule has 4 rings (SSSR count). The molecule has 0 amide bonds. The van der Waals surface area contributed by atoms with Crippen molar-refractivity contribution in [2.45, 2.75) is 18.9 Å². The monoisotopic (exact) mass is 418 g/mol. The third-order valence-corrected chi connectivity index (χ3v) is 4.94. The zero-order valence-corrected chi connectivity index (χ0v) is 16.5. The second-order valence-corrected chi connectivity index (χ2v) is 6.89. The van der Waals surface area contributed by atoms with Crippen LogP contribution in [0.2, 0.25) is 0 Å². The molecule has 0 spiro atoms. The third-order valence-electron chi connectivity index (χ3n) is 4.94. The molecule has 7 nitrogen and oxygen atoms in total. The predicted molar refractivity (Wildman–Crippen MR) is 104 cm³/mol. The SMILES string of the molecule is COc1cc(OC)c(F)c(C(=O)c2cc3cc(N[C@H]4CCCOC4)ncc3o2)c1F. The Morgan fingerprint density at radius 2 is 1.90 bits per heavy atom. The quantitative estimate of drug-likeness (QED) is 0.607. The Hall–Kier alpha value is -3.20. The maximum Gasteiger partial charge on any atom is 0.234 e. The van der Waals surface area contributed by atoms with E-state index in [0.29, 0.717) is 23.4 Å². The Kier molecular flexibility index (Phi) is 5.54. The van der Waals surface area contributed by atoms with E-state index in [2.05, 4.69) is 10.3 Å². The summed E-state index contributed by atoms with van der Waals surface area (Å²) in [4.78, 5) is 17.1. The van der Waals surface area contributed by atoms with Gasteiger partial charge in [0.05, 0.1) is 33.1 Å². The first-order valence-electron chi connectivity index (χ1n) is 9.40. The zero-order chi connectivity index (χ0) is 21.3. The number of methoxy groups -OCH3 is 2. The Morgan fingerprint density at radius 3 is 2.53 bits per heavy atom. The standard InChI is InChI=1S/C21H20F2N2O5/c1-27-13-8-14(28-2)20(23)18(19(13)22)21(26)15-6-11-7-17(24-9-16(11)30-15)25-12-4-3-5-29-10-12/h6-9,12H,3-5,10H2,1-2H3,(H,24,25)/t12-/m0/s1. The van der Waals surface area contributed by atoms with Gasteiger partial charge in [0.25, 0.3) is 0 Å². The van der Waals surface area contributed by atoms with Crippen LogP contribution in [0.15, 0.2) is 28.8 Å². The summed E-state index contributed by atoms with van der Waals surface area (Å²) in [5, 5.41) is 3.85. The molecule has 9 heteroatoms. The average Bonchev–Trinajstić information content (AvgIpc) is 3.18. The molecule has 3 aromatic rings. The van der Waals surface area contributed by atoms with Gasteiger partial charge < -0.3 is 23.9 Å². The van der Waals surface area contributed by atoms with E-state index in [-0.39, 0.29) is 23.3 Å². The van der Waals surface area contributed by atoms with Gasteiger partial charge >= 0.3 is 0 Å². The number of benzene rings is 1. The maximum absolute atomic E-state index is 14.6. The number of furan rings is 1. The molecule has 1 aliphatic rings. The fourth-order valence-corrected chi connectivity index (χ4v) is 3.41. The first kappa shape index (κ1) is 20.1. The lowest BCUT2D eigenvalue weighted by atomic mass is 10.1. The Morgan fingerprint density at radius 1 is 1.17 bits per heavy atom. The number of ether oxygens (including phenoxy) is 3. The van der Waals surface area contributed by atoms with Gasteiger partial charge in [0, 0.05) is 18.1 Å². The first-order valence-corrected chi connectivity index (χ1v) is 9.40. The lowest BCUT2D eigenvalue weighted by Gasteiger charge is -2.23. The summed E-state index contributed by atoms with van der Waals surface area (Å²) in [7, 11) is 2.42. The highest BCUT2D eigenvalue weighted by Crippen LogP contribution is 2.33. The third kappa shape index (κ3) is 3.68. The summed E-state index contributed by atoms with van der Waals surface area (Å²) in [6, 6.07) is 4.32. The lowest BCUT2D eigenvalue weighted by molar-refractivity contribution is 0.0875. The second kappa shape index (κ2) is 8.27. The molecular weight excluding hydrogens is 398 g/mol. The van der Waals surface area contributed by atoms with Crippen LogP contribution in [0, 0.1) is 11.6 Å². The number of nitrogens with one attached hydrogen (secondary N) is 1. The van der Waals surface area contributed by atoms with Crippen LogP contribution < -0.4 is 14.8 Å².